The van der Waals surface area contributed by atoms with Crippen molar-refractivity contribution in [2.24, 2.45) is 0 Å². The normalized spacial score (nSPS) is 12.2. The Kier molecular flexibility index (Phi) is 4.15. The summed E-state index contributed by atoms with van der Waals surface area (Å²) in [5, 5.41) is 18.7. The predicted molar refractivity (Wildman–Crippen MR) is 61.8 cm³/mol. The predicted octanol–water partition coefficient (Wildman–Crippen LogP) is 1.50. The van der Waals surface area contributed by atoms with Gasteiger partial charge in [0.25, 0.3) is 5.91 Å². The number of halogens is 1. The molecule has 88 valence electrons. The lowest BCUT2D eigenvalue weighted by molar-refractivity contribution is 0.0703. The lowest BCUT2D eigenvalue weighted by Gasteiger charge is -2.19. The Hall–Kier alpha value is -1.26. The van der Waals surface area contributed by atoms with Crippen LogP contribution in [0.5, 0.6) is 5.75 Å². The molecule has 1 rings (SSSR count). The minimum absolute atomic E-state index is 0.0156. The fourth-order valence-corrected chi connectivity index (χ4v) is 1.56. The van der Waals surface area contributed by atoms with Crippen molar-refractivity contribution >= 4 is 17.5 Å². The second kappa shape index (κ2) is 5.18. The van der Waals surface area contributed by atoms with Crippen LogP contribution < -0.4 is 0 Å². The Morgan fingerprint density at radius 1 is 1.56 bits per heavy atom. The molecule has 0 aliphatic heterocycles. The maximum absolute atomic E-state index is 11.9. The van der Waals surface area contributed by atoms with Gasteiger partial charge in [0.05, 0.1) is 16.7 Å². The summed E-state index contributed by atoms with van der Waals surface area (Å²) in [5.41, 5.74) is 0.227. The van der Waals surface area contributed by atoms with E-state index in [9.17, 15) is 9.90 Å². The summed E-state index contributed by atoms with van der Waals surface area (Å²) >= 11 is 5.85. The number of amides is 1. The van der Waals surface area contributed by atoms with Gasteiger partial charge in [-0.25, -0.2) is 0 Å². The maximum Gasteiger partial charge on any atom is 0.255 e. The second-order valence-electron chi connectivity index (χ2n) is 3.70. The van der Waals surface area contributed by atoms with Gasteiger partial charge in [-0.05, 0) is 25.1 Å². The molecule has 1 unspecified atom stereocenters. The van der Waals surface area contributed by atoms with Gasteiger partial charge in [0.1, 0.15) is 5.75 Å². The Bertz CT molecular complexity index is 393. The van der Waals surface area contributed by atoms with Gasteiger partial charge >= 0.3 is 0 Å². The molecule has 0 saturated heterocycles. The molecule has 5 heteroatoms. The van der Waals surface area contributed by atoms with Crippen LogP contribution in [-0.2, 0) is 0 Å². The average molecular weight is 244 g/mol. The molecule has 0 heterocycles. The molecule has 1 atom stereocenters. The first-order chi connectivity index (χ1) is 7.41. The quantitative estimate of drug-likeness (QED) is 0.846. The van der Waals surface area contributed by atoms with E-state index in [4.69, 9.17) is 16.7 Å². The molecule has 0 fully saturated rings. The molecule has 4 nitrogen and oxygen atoms in total. The number of carbonyl (C=O) groups excluding carboxylic acids is 1. The van der Waals surface area contributed by atoms with Gasteiger partial charge in [0.15, 0.2) is 0 Å². The van der Waals surface area contributed by atoms with Crippen LogP contribution in [0.1, 0.15) is 17.3 Å². The van der Waals surface area contributed by atoms with Crippen LogP contribution in [0.4, 0.5) is 0 Å². The minimum atomic E-state index is -0.606. The van der Waals surface area contributed by atoms with Crippen molar-refractivity contribution in [1.29, 1.82) is 0 Å². The van der Waals surface area contributed by atoms with Gasteiger partial charge < -0.3 is 15.1 Å². The molecule has 2 N–H and O–H groups in total. The molecule has 0 bridgehead atoms. The summed E-state index contributed by atoms with van der Waals surface area (Å²) in [6.45, 7) is 1.80. The lowest BCUT2D eigenvalue weighted by Crippen LogP contribution is -2.33. The smallest absolute Gasteiger partial charge is 0.255 e. The standard InChI is InChI=1S/C11H14ClNO3/c1-7(14)6-13(2)11(16)9-5-8(15)3-4-10(9)12/h3-5,7,14-15H,6H2,1-2H3. The first-order valence-corrected chi connectivity index (χ1v) is 5.21. The number of aliphatic hydroxyl groups is 1. The summed E-state index contributed by atoms with van der Waals surface area (Å²) in [6, 6.07) is 4.18. The van der Waals surface area contributed by atoms with Crippen LogP contribution in [-0.4, -0.2) is 40.7 Å². The van der Waals surface area contributed by atoms with Crippen molar-refractivity contribution in [3.63, 3.8) is 0 Å². The summed E-state index contributed by atoms with van der Waals surface area (Å²) in [7, 11) is 1.56. The Labute approximate surface area is 99.1 Å². The third kappa shape index (κ3) is 3.12. The average Bonchev–Trinajstić information content (AvgIpc) is 2.19. The van der Waals surface area contributed by atoms with Gasteiger partial charge in [-0.2, -0.15) is 0 Å². The van der Waals surface area contributed by atoms with E-state index in [0.717, 1.165) is 0 Å². The number of nitrogens with zero attached hydrogens (tertiary/aromatic N) is 1. The van der Waals surface area contributed by atoms with E-state index < -0.39 is 6.10 Å². The number of likely N-dealkylation sites (N-methyl/N-ethyl adjacent to an activating group) is 1. The van der Waals surface area contributed by atoms with Crippen molar-refractivity contribution in [2.75, 3.05) is 13.6 Å². The fourth-order valence-electron chi connectivity index (χ4n) is 1.36. The number of aliphatic hydroxyl groups excluding tert-OH is 1. The molecule has 16 heavy (non-hydrogen) atoms. The molecule has 0 aliphatic carbocycles. The maximum atomic E-state index is 11.9. The summed E-state index contributed by atoms with van der Waals surface area (Å²) in [5.74, 6) is -0.347. The van der Waals surface area contributed by atoms with Crippen molar-refractivity contribution in [2.45, 2.75) is 13.0 Å². The molecule has 0 spiro atoms. The van der Waals surface area contributed by atoms with Crippen molar-refractivity contribution in [3.05, 3.63) is 28.8 Å². The van der Waals surface area contributed by atoms with Crippen LogP contribution in [0.15, 0.2) is 18.2 Å². The highest BCUT2D eigenvalue weighted by Crippen LogP contribution is 2.22. The van der Waals surface area contributed by atoms with Gasteiger partial charge in [-0.3, -0.25) is 4.79 Å². The van der Waals surface area contributed by atoms with Crippen LogP contribution in [0, 0.1) is 0 Å². The van der Waals surface area contributed by atoms with Crippen molar-refractivity contribution in [1.82, 2.24) is 4.90 Å². The summed E-state index contributed by atoms with van der Waals surface area (Å²) in [6.07, 6.45) is -0.606. The monoisotopic (exact) mass is 243 g/mol. The number of benzene rings is 1. The topological polar surface area (TPSA) is 60.8 Å². The van der Waals surface area contributed by atoms with E-state index in [1.807, 2.05) is 0 Å². The van der Waals surface area contributed by atoms with Crippen molar-refractivity contribution < 1.29 is 15.0 Å². The van der Waals surface area contributed by atoms with Gasteiger partial charge in [0.2, 0.25) is 0 Å². The number of carbonyl (C=O) groups is 1. The zero-order valence-corrected chi connectivity index (χ0v) is 9.90. The molecule has 1 aromatic rings. The number of phenols is 1. The fraction of sp³-hybridized carbons (Fsp3) is 0.364. The second-order valence-corrected chi connectivity index (χ2v) is 4.11. The number of hydrogen-bond acceptors (Lipinski definition) is 3. The highest BCUT2D eigenvalue weighted by atomic mass is 35.5. The minimum Gasteiger partial charge on any atom is -0.508 e. The number of hydrogen-bond donors (Lipinski definition) is 2. The Morgan fingerprint density at radius 2 is 2.19 bits per heavy atom. The van der Waals surface area contributed by atoms with E-state index in [0.29, 0.717) is 0 Å². The number of rotatable bonds is 3. The molecule has 0 aliphatic rings. The zero-order chi connectivity index (χ0) is 12.3. The zero-order valence-electron chi connectivity index (χ0n) is 9.14. The molecule has 0 aromatic heterocycles. The number of phenolic OH excluding ortho intramolecular Hbond substituents is 1. The van der Waals surface area contributed by atoms with E-state index in [1.54, 1.807) is 14.0 Å². The van der Waals surface area contributed by atoms with Gasteiger partial charge in [-0.15, -0.1) is 0 Å². The molecular weight excluding hydrogens is 230 g/mol. The summed E-state index contributed by atoms with van der Waals surface area (Å²) < 4.78 is 0. The third-order valence-electron chi connectivity index (χ3n) is 2.07. The largest absolute Gasteiger partial charge is 0.508 e. The number of aromatic hydroxyl groups is 1. The Morgan fingerprint density at radius 3 is 2.75 bits per heavy atom. The van der Waals surface area contributed by atoms with E-state index >= 15 is 0 Å². The van der Waals surface area contributed by atoms with Crippen LogP contribution in [0.2, 0.25) is 5.02 Å². The lowest BCUT2D eigenvalue weighted by atomic mass is 10.2. The third-order valence-corrected chi connectivity index (χ3v) is 2.39. The van der Waals surface area contributed by atoms with E-state index in [-0.39, 0.29) is 28.8 Å². The molecular formula is C11H14ClNO3. The molecule has 0 radical (unpaired) electrons. The van der Waals surface area contributed by atoms with Crippen LogP contribution in [0.3, 0.4) is 0 Å². The first kappa shape index (κ1) is 12.8. The SMILES string of the molecule is CC(O)CN(C)C(=O)c1cc(O)ccc1Cl. The van der Waals surface area contributed by atoms with Crippen LogP contribution in [0.25, 0.3) is 0 Å². The summed E-state index contributed by atoms with van der Waals surface area (Å²) in [4.78, 5) is 13.2. The Balaban J connectivity index is 2.91. The highest BCUT2D eigenvalue weighted by Gasteiger charge is 2.16. The molecule has 1 aromatic carbocycles. The highest BCUT2D eigenvalue weighted by molar-refractivity contribution is 6.33. The first-order valence-electron chi connectivity index (χ1n) is 4.84. The van der Waals surface area contributed by atoms with Crippen molar-refractivity contribution in [3.8, 4) is 5.75 Å². The molecule has 0 saturated carbocycles. The van der Waals surface area contributed by atoms with E-state index in [1.165, 1.54) is 23.1 Å². The van der Waals surface area contributed by atoms with Gasteiger partial charge in [-0.1, -0.05) is 11.6 Å². The molecule has 1 amide bonds. The van der Waals surface area contributed by atoms with E-state index in [2.05, 4.69) is 0 Å². The van der Waals surface area contributed by atoms with Crippen LogP contribution >= 0.6 is 11.6 Å². The van der Waals surface area contributed by atoms with Gasteiger partial charge in [0, 0.05) is 13.6 Å².